The second kappa shape index (κ2) is 9.76. The molecule has 4 nitrogen and oxygen atoms in total. The van der Waals surface area contributed by atoms with Gasteiger partial charge in [0.15, 0.2) is 0 Å². The molecule has 0 N–H and O–H groups in total. The Balaban J connectivity index is 2.22. The molecule has 0 saturated heterocycles. The molecule has 0 radical (unpaired) electrons. The molecule has 0 heterocycles. The van der Waals surface area contributed by atoms with Crippen LogP contribution in [0.4, 0.5) is 4.79 Å². The van der Waals surface area contributed by atoms with Crippen molar-refractivity contribution in [1.29, 1.82) is 0 Å². The Morgan fingerprint density at radius 1 is 1.14 bits per heavy atom. The zero-order valence-electron chi connectivity index (χ0n) is 14.6. The van der Waals surface area contributed by atoms with Gasteiger partial charge in [-0.15, -0.1) is 0 Å². The van der Waals surface area contributed by atoms with E-state index in [0.717, 1.165) is 44.0 Å². The molecule has 1 saturated carbocycles. The van der Waals surface area contributed by atoms with Gasteiger partial charge in [0.25, 0.3) is 0 Å². The largest absolute Gasteiger partial charge is 0.444 e. The van der Waals surface area contributed by atoms with Crippen LogP contribution in [0.25, 0.3) is 0 Å². The van der Waals surface area contributed by atoms with Crippen LogP contribution in [0.3, 0.4) is 0 Å². The number of alkyl halides is 1. The van der Waals surface area contributed by atoms with Crippen molar-refractivity contribution in [1.82, 2.24) is 4.90 Å². The third kappa shape index (κ3) is 7.82. The Morgan fingerprint density at radius 3 is 2.32 bits per heavy atom. The van der Waals surface area contributed by atoms with E-state index in [4.69, 9.17) is 9.47 Å². The highest BCUT2D eigenvalue weighted by Gasteiger charge is 2.29. The maximum Gasteiger partial charge on any atom is 0.410 e. The molecule has 0 aromatic heterocycles. The summed E-state index contributed by atoms with van der Waals surface area (Å²) < 4.78 is 11.4. The summed E-state index contributed by atoms with van der Waals surface area (Å²) in [7, 11) is 1.85. The minimum absolute atomic E-state index is 0.216. The molecular formula is C17H32BrNO3. The molecule has 0 unspecified atom stereocenters. The van der Waals surface area contributed by atoms with E-state index in [2.05, 4.69) is 15.9 Å². The fourth-order valence-electron chi connectivity index (χ4n) is 2.71. The lowest BCUT2D eigenvalue weighted by atomic mass is 9.92. The van der Waals surface area contributed by atoms with Gasteiger partial charge in [-0.1, -0.05) is 22.4 Å². The van der Waals surface area contributed by atoms with Gasteiger partial charge in [-0.3, -0.25) is 0 Å². The van der Waals surface area contributed by atoms with Crippen LogP contribution in [0.1, 0.15) is 65.7 Å². The second-order valence-electron chi connectivity index (χ2n) is 7.14. The van der Waals surface area contributed by atoms with E-state index in [1.165, 1.54) is 12.8 Å². The van der Waals surface area contributed by atoms with Crippen LogP contribution in [-0.2, 0) is 9.47 Å². The normalized spacial score (nSPS) is 22.4. The fraction of sp³-hybridized carbons (Fsp3) is 0.941. The molecule has 5 heteroatoms. The molecule has 1 aliphatic rings. The number of halogens is 1. The molecule has 0 aromatic carbocycles. The van der Waals surface area contributed by atoms with Gasteiger partial charge in [0.05, 0.1) is 6.10 Å². The number of rotatable bonds is 7. The van der Waals surface area contributed by atoms with Gasteiger partial charge in [-0.05, 0) is 59.3 Å². The summed E-state index contributed by atoms with van der Waals surface area (Å²) in [5, 5.41) is 1.08. The van der Waals surface area contributed by atoms with Crippen molar-refractivity contribution in [2.24, 2.45) is 0 Å². The van der Waals surface area contributed by atoms with E-state index in [-0.39, 0.29) is 12.1 Å². The smallest absolute Gasteiger partial charge is 0.410 e. The third-order valence-electron chi connectivity index (χ3n) is 4.00. The van der Waals surface area contributed by atoms with Crippen molar-refractivity contribution in [3.8, 4) is 0 Å². The molecule has 1 rings (SSSR count). The van der Waals surface area contributed by atoms with Crippen molar-refractivity contribution in [2.45, 2.75) is 83.5 Å². The summed E-state index contributed by atoms with van der Waals surface area (Å²) in [6.07, 6.45) is 7.82. The van der Waals surface area contributed by atoms with Crippen molar-refractivity contribution in [3.05, 3.63) is 0 Å². The number of nitrogens with zero attached hydrogens (tertiary/aromatic N) is 1. The molecule has 1 aliphatic carbocycles. The fourth-order valence-corrected chi connectivity index (χ4v) is 3.10. The lowest BCUT2D eigenvalue weighted by Crippen LogP contribution is -2.43. The highest BCUT2D eigenvalue weighted by molar-refractivity contribution is 9.09. The van der Waals surface area contributed by atoms with Crippen LogP contribution in [0.5, 0.6) is 0 Å². The summed E-state index contributed by atoms with van der Waals surface area (Å²) in [6.45, 7) is 6.57. The van der Waals surface area contributed by atoms with Gasteiger partial charge < -0.3 is 14.4 Å². The number of carbonyl (C=O) groups is 1. The zero-order chi connectivity index (χ0) is 16.6. The first-order valence-electron chi connectivity index (χ1n) is 8.47. The van der Waals surface area contributed by atoms with E-state index < -0.39 is 5.60 Å². The predicted octanol–water partition coefficient (Wildman–Crippen LogP) is 4.75. The number of carbonyl (C=O) groups excluding carboxylic acids is 1. The van der Waals surface area contributed by atoms with Crippen molar-refractivity contribution < 1.29 is 14.3 Å². The van der Waals surface area contributed by atoms with Gasteiger partial charge in [0.1, 0.15) is 5.60 Å². The molecule has 22 heavy (non-hydrogen) atoms. The van der Waals surface area contributed by atoms with Crippen molar-refractivity contribution in [2.75, 3.05) is 19.0 Å². The summed E-state index contributed by atoms with van der Waals surface area (Å²) in [5.74, 6) is 0. The zero-order valence-corrected chi connectivity index (χ0v) is 16.2. The van der Waals surface area contributed by atoms with Gasteiger partial charge in [0.2, 0.25) is 0 Å². The number of hydrogen-bond acceptors (Lipinski definition) is 3. The molecule has 0 spiro atoms. The van der Waals surface area contributed by atoms with Crippen LogP contribution < -0.4 is 0 Å². The molecular weight excluding hydrogens is 346 g/mol. The van der Waals surface area contributed by atoms with Crippen LogP contribution in [0, 0.1) is 0 Å². The highest BCUT2D eigenvalue weighted by atomic mass is 79.9. The first-order chi connectivity index (χ1) is 10.3. The third-order valence-corrected chi connectivity index (χ3v) is 4.57. The average molecular weight is 378 g/mol. The maximum absolute atomic E-state index is 12.1. The number of ether oxygens (including phenoxy) is 2. The van der Waals surface area contributed by atoms with Crippen LogP contribution in [0.2, 0.25) is 0 Å². The Hall–Kier alpha value is -0.290. The van der Waals surface area contributed by atoms with Crippen molar-refractivity contribution >= 4 is 22.0 Å². The lowest BCUT2D eigenvalue weighted by Gasteiger charge is -2.35. The molecule has 0 atom stereocenters. The Bertz CT molecular complexity index is 322. The van der Waals surface area contributed by atoms with E-state index >= 15 is 0 Å². The summed E-state index contributed by atoms with van der Waals surface area (Å²) in [6, 6.07) is 0.281. The van der Waals surface area contributed by atoms with Crippen LogP contribution in [0.15, 0.2) is 0 Å². The molecule has 0 bridgehead atoms. The monoisotopic (exact) mass is 377 g/mol. The van der Waals surface area contributed by atoms with E-state index in [9.17, 15) is 4.79 Å². The van der Waals surface area contributed by atoms with E-state index in [1.807, 2.05) is 27.8 Å². The quantitative estimate of drug-likeness (QED) is 0.474. The Labute approximate surface area is 144 Å². The number of hydrogen-bond donors (Lipinski definition) is 0. The molecule has 0 aliphatic heterocycles. The molecule has 1 amide bonds. The van der Waals surface area contributed by atoms with Crippen LogP contribution >= 0.6 is 15.9 Å². The average Bonchev–Trinajstić information content (AvgIpc) is 2.45. The lowest BCUT2D eigenvalue weighted by molar-refractivity contribution is -0.00574. The van der Waals surface area contributed by atoms with Gasteiger partial charge >= 0.3 is 6.09 Å². The van der Waals surface area contributed by atoms with Gasteiger partial charge in [0, 0.05) is 25.0 Å². The number of unbranched alkanes of at least 4 members (excludes halogenated alkanes) is 2. The van der Waals surface area contributed by atoms with Gasteiger partial charge in [-0.25, -0.2) is 4.79 Å². The van der Waals surface area contributed by atoms with Crippen LogP contribution in [-0.4, -0.2) is 47.7 Å². The first kappa shape index (κ1) is 19.8. The second-order valence-corrected chi connectivity index (χ2v) is 7.94. The molecule has 1 fully saturated rings. The minimum atomic E-state index is -0.430. The minimum Gasteiger partial charge on any atom is -0.444 e. The summed E-state index contributed by atoms with van der Waals surface area (Å²) >= 11 is 3.44. The van der Waals surface area contributed by atoms with Crippen molar-refractivity contribution in [3.63, 3.8) is 0 Å². The standard InChI is InChI=1S/C17H32BrNO3/c1-17(2,3)22-16(20)19(4)14-8-10-15(11-9-14)21-13-7-5-6-12-18/h14-15H,5-13H2,1-4H3. The molecule has 130 valence electrons. The summed E-state index contributed by atoms with van der Waals surface area (Å²) in [5.41, 5.74) is -0.430. The predicted molar refractivity (Wildman–Crippen MR) is 93.6 cm³/mol. The van der Waals surface area contributed by atoms with Gasteiger partial charge in [-0.2, -0.15) is 0 Å². The van der Waals surface area contributed by atoms with E-state index in [0.29, 0.717) is 6.10 Å². The Kier molecular flexibility index (Phi) is 8.77. The molecule has 0 aromatic rings. The Morgan fingerprint density at radius 2 is 1.77 bits per heavy atom. The number of amides is 1. The topological polar surface area (TPSA) is 38.8 Å². The maximum atomic E-state index is 12.1. The highest BCUT2D eigenvalue weighted by Crippen LogP contribution is 2.25. The SMILES string of the molecule is CN(C(=O)OC(C)(C)C)C1CCC(OCCCCCBr)CC1. The van der Waals surface area contributed by atoms with E-state index in [1.54, 1.807) is 4.90 Å². The first-order valence-corrected chi connectivity index (χ1v) is 9.59. The summed E-state index contributed by atoms with van der Waals surface area (Å²) in [4.78, 5) is 13.8.